The van der Waals surface area contributed by atoms with Gasteiger partial charge in [0.15, 0.2) is 0 Å². The fourth-order valence-electron chi connectivity index (χ4n) is 1.29. The minimum atomic E-state index is -0.121. The average Bonchev–Trinajstić information content (AvgIpc) is 2.13. The summed E-state index contributed by atoms with van der Waals surface area (Å²) in [5, 5.41) is 2.80. The summed E-state index contributed by atoms with van der Waals surface area (Å²) >= 11 is 0. The first-order valence-corrected chi connectivity index (χ1v) is 5.39. The summed E-state index contributed by atoms with van der Waals surface area (Å²) in [6, 6.07) is 0. The number of nitrogens with zero attached hydrogens (tertiary/aromatic N) is 1. The van der Waals surface area contributed by atoms with Gasteiger partial charge in [-0.15, -0.1) is 0 Å². The zero-order chi connectivity index (χ0) is 11.8. The third-order valence-electron chi connectivity index (χ3n) is 2.38. The van der Waals surface area contributed by atoms with Crippen LogP contribution in [0.5, 0.6) is 0 Å². The van der Waals surface area contributed by atoms with E-state index < -0.39 is 0 Å². The molecule has 4 nitrogen and oxygen atoms in total. The van der Waals surface area contributed by atoms with Gasteiger partial charge in [0.25, 0.3) is 0 Å². The first-order chi connectivity index (χ1) is 6.97. The van der Waals surface area contributed by atoms with Gasteiger partial charge < -0.3 is 10.2 Å². The predicted molar refractivity (Wildman–Crippen MR) is 60.6 cm³/mol. The molecule has 0 radical (unpaired) electrons. The van der Waals surface area contributed by atoms with E-state index in [4.69, 9.17) is 0 Å². The van der Waals surface area contributed by atoms with Crippen LogP contribution in [0.1, 0.15) is 26.7 Å². The minimum absolute atomic E-state index is 0.0288. The molecule has 0 fully saturated rings. The molecule has 1 unspecified atom stereocenters. The van der Waals surface area contributed by atoms with Gasteiger partial charge in [0.05, 0.1) is 0 Å². The zero-order valence-corrected chi connectivity index (χ0v) is 10.2. The number of rotatable bonds is 7. The second-order valence-electron chi connectivity index (χ2n) is 4.07. The summed E-state index contributed by atoms with van der Waals surface area (Å²) in [5.41, 5.74) is 0. The van der Waals surface area contributed by atoms with E-state index >= 15 is 0 Å². The molecule has 0 aliphatic carbocycles. The number of carbonyl (C=O) groups is 2. The lowest BCUT2D eigenvalue weighted by atomic mass is 9.98. The zero-order valence-electron chi connectivity index (χ0n) is 10.2. The van der Waals surface area contributed by atoms with E-state index in [0.29, 0.717) is 13.0 Å². The second kappa shape index (κ2) is 7.40. The molecule has 0 aliphatic heterocycles. The van der Waals surface area contributed by atoms with Gasteiger partial charge in [0.1, 0.15) is 5.78 Å². The van der Waals surface area contributed by atoms with Crippen molar-refractivity contribution >= 4 is 11.7 Å². The van der Waals surface area contributed by atoms with E-state index in [9.17, 15) is 9.59 Å². The van der Waals surface area contributed by atoms with Crippen LogP contribution in [0.2, 0.25) is 0 Å². The standard InChI is InChI=1S/C11H22N2O2/c1-5-10(9(2)14)8-11(15)12-6-7-13(3)4/h10H,5-8H2,1-4H3,(H,12,15). The van der Waals surface area contributed by atoms with Gasteiger partial charge in [-0.1, -0.05) is 6.92 Å². The molecule has 0 saturated carbocycles. The highest BCUT2D eigenvalue weighted by Gasteiger charge is 2.15. The summed E-state index contributed by atoms with van der Waals surface area (Å²) in [4.78, 5) is 24.5. The molecule has 4 heteroatoms. The Labute approximate surface area is 92.0 Å². The quantitative estimate of drug-likeness (QED) is 0.677. The van der Waals surface area contributed by atoms with Crippen molar-refractivity contribution in [3.05, 3.63) is 0 Å². The van der Waals surface area contributed by atoms with Crippen LogP contribution in [-0.4, -0.2) is 43.8 Å². The second-order valence-corrected chi connectivity index (χ2v) is 4.07. The van der Waals surface area contributed by atoms with Crippen molar-refractivity contribution in [2.45, 2.75) is 26.7 Å². The van der Waals surface area contributed by atoms with Crippen molar-refractivity contribution in [1.82, 2.24) is 10.2 Å². The highest BCUT2D eigenvalue weighted by Crippen LogP contribution is 2.08. The Hall–Kier alpha value is -0.900. The highest BCUT2D eigenvalue weighted by atomic mass is 16.2. The van der Waals surface area contributed by atoms with Crippen LogP contribution in [0.4, 0.5) is 0 Å². The van der Waals surface area contributed by atoms with E-state index in [1.54, 1.807) is 6.92 Å². The molecular weight excluding hydrogens is 192 g/mol. The lowest BCUT2D eigenvalue weighted by Crippen LogP contribution is -2.33. The number of carbonyl (C=O) groups excluding carboxylic acids is 2. The lowest BCUT2D eigenvalue weighted by Gasteiger charge is -2.13. The van der Waals surface area contributed by atoms with E-state index in [1.165, 1.54) is 0 Å². The maximum absolute atomic E-state index is 11.4. The number of Topliss-reactive ketones (excluding diaryl/α,β-unsaturated/α-hetero) is 1. The fourth-order valence-corrected chi connectivity index (χ4v) is 1.29. The van der Waals surface area contributed by atoms with Crippen molar-refractivity contribution < 1.29 is 9.59 Å². The van der Waals surface area contributed by atoms with E-state index in [0.717, 1.165) is 13.0 Å². The Kier molecular flexibility index (Phi) is 6.96. The molecule has 0 spiro atoms. The Bertz CT molecular complexity index is 215. The van der Waals surface area contributed by atoms with Crippen LogP contribution in [-0.2, 0) is 9.59 Å². The topological polar surface area (TPSA) is 49.4 Å². The molecule has 88 valence electrons. The molecule has 0 saturated heterocycles. The molecule has 0 aliphatic rings. The number of nitrogens with one attached hydrogen (secondary N) is 1. The van der Waals surface area contributed by atoms with Gasteiger partial charge in [-0.2, -0.15) is 0 Å². The molecule has 1 amide bonds. The van der Waals surface area contributed by atoms with Gasteiger partial charge in [-0.3, -0.25) is 9.59 Å². The summed E-state index contributed by atoms with van der Waals surface area (Å²) < 4.78 is 0. The van der Waals surface area contributed by atoms with Crippen molar-refractivity contribution in [3.8, 4) is 0 Å². The number of amides is 1. The summed E-state index contributed by atoms with van der Waals surface area (Å²) in [6.07, 6.45) is 1.05. The Balaban J connectivity index is 3.77. The van der Waals surface area contributed by atoms with Crippen LogP contribution in [0.25, 0.3) is 0 Å². The monoisotopic (exact) mass is 214 g/mol. The lowest BCUT2D eigenvalue weighted by molar-refractivity contribution is -0.128. The molecule has 0 rings (SSSR count). The molecular formula is C11H22N2O2. The Morgan fingerprint density at radius 1 is 1.33 bits per heavy atom. The van der Waals surface area contributed by atoms with E-state index in [1.807, 2.05) is 25.9 Å². The SMILES string of the molecule is CCC(CC(=O)NCCN(C)C)C(C)=O. The van der Waals surface area contributed by atoms with Gasteiger partial charge in [0, 0.05) is 25.4 Å². The maximum atomic E-state index is 11.4. The minimum Gasteiger partial charge on any atom is -0.355 e. The number of hydrogen-bond donors (Lipinski definition) is 1. The van der Waals surface area contributed by atoms with E-state index in [2.05, 4.69) is 5.32 Å². The highest BCUT2D eigenvalue weighted by molar-refractivity contribution is 5.85. The smallest absolute Gasteiger partial charge is 0.220 e. The molecule has 15 heavy (non-hydrogen) atoms. The Morgan fingerprint density at radius 3 is 2.33 bits per heavy atom. The van der Waals surface area contributed by atoms with Crippen molar-refractivity contribution in [2.24, 2.45) is 5.92 Å². The van der Waals surface area contributed by atoms with Crippen LogP contribution in [0, 0.1) is 5.92 Å². The molecule has 0 heterocycles. The normalized spacial score (nSPS) is 12.6. The van der Waals surface area contributed by atoms with Crippen molar-refractivity contribution in [1.29, 1.82) is 0 Å². The number of hydrogen-bond acceptors (Lipinski definition) is 3. The number of ketones is 1. The van der Waals surface area contributed by atoms with Gasteiger partial charge >= 0.3 is 0 Å². The number of likely N-dealkylation sites (N-methyl/N-ethyl adjacent to an activating group) is 1. The maximum Gasteiger partial charge on any atom is 0.220 e. The summed E-state index contributed by atoms with van der Waals surface area (Å²) in [6.45, 7) is 4.93. The van der Waals surface area contributed by atoms with Crippen LogP contribution in [0.15, 0.2) is 0 Å². The fraction of sp³-hybridized carbons (Fsp3) is 0.818. The summed E-state index contributed by atoms with van der Waals surface area (Å²) in [5.74, 6) is -0.0523. The third-order valence-corrected chi connectivity index (χ3v) is 2.38. The van der Waals surface area contributed by atoms with Crippen LogP contribution < -0.4 is 5.32 Å². The van der Waals surface area contributed by atoms with Gasteiger partial charge in [0.2, 0.25) is 5.91 Å². The van der Waals surface area contributed by atoms with Crippen LogP contribution in [0.3, 0.4) is 0 Å². The first-order valence-electron chi connectivity index (χ1n) is 5.39. The average molecular weight is 214 g/mol. The Morgan fingerprint density at radius 2 is 1.93 bits per heavy atom. The summed E-state index contributed by atoms with van der Waals surface area (Å²) in [7, 11) is 3.91. The molecule has 0 aromatic carbocycles. The largest absolute Gasteiger partial charge is 0.355 e. The van der Waals surface area contributed by atoms with Crippen LogP contribution >= 0.6 is 0 Å². The third kappa shape index (κ3) is 7.08. The molecule has 0 bridgehead atoms. The van der Waals surface area contributed by atoms with Crippen molar-refractivity contribution in [3.63, 3.8) is 0 Å². The van der Waals surface area contributed by atoms with Gasteiger partial charge in [-0.25, -0.2) is 0 Å². The molecule has 1 N–H and O–H groups in total. The predicted octanol–water partition coefficient (Wildman–Crippen LogP) is 0.669. The molecule has 1 atom stereocenters. The van der Waals surface area contributed by atoms with Gasteiger partial charge in [-0.05, 0) is 27.4 Å². The van der Waals surface area contributed by atoms with Crippen molar-refractivity contribution in [2.75, 3.05) is 27.2 Å². The molecule has 0 aromatic heterocycles. The molecule has 0 aromatic rings. The van der Waals surface area contributed by atoms with E-state index in [-0.39, 0.29) is 17.6 Å². The first kappa shape index (κ1) is 14.1.